The van der Waals surface area contributed by atoms with Crippen LogP contribution in [-0.4, -0.2) is 27.0 Å². The SMILES string of the molecule is Cc1cnc2nc(CC3CCCN3)cn2c1. The highest BCUT2D eigenvalue weighted by Crippen LogP contribution is 2.12. The number of imidazole rings is 1. The third kappa shape index (κ3) is 1.80. The summed E-state index contributed by atoms with van der Waals surface area (Å²) in [5.41, 5.74) is 2.30. The quantitative estimate of drug-likeness (QED) is 0.823. The molecule has 1 fully saturated rings. The van der Waals surface area contributed by atoms with Gasteiger partial charge in [-0.05, 0) is 31.9 Å². The molecule has 0 radical (unpaired) electrons. The highest BCUT2D eigenvalue weighted by molar-refractivity contribution is 5.31. The van der Waals surface area contributed by atoms with Crippen LogP contribution < -0.4 is 5.32 Å². The van der Waals surface area contributed by atoms with Gasteiger partial charge in [-0.25, -0.2) is 9.97 Å². The van der Waals surface area contributed by atoms with Gasteiger partial charge in [0.15, 0.2) is 0 Å². The zero-order valence-electron chi connectivity index (χ0n) is 9.48. The molecule has 0 aromatic carbocycles. The van der Waals surface area contributed by atoms with E-state index in [4.69, 9.17) is 0 Å². The Morgan fingerprint density at radius 3 is 3.25 bits per heavy atom. The first-order valence-corrected chi connectivity index (χ1v) is 5.85. The molecular formula is C12H16N4. The molecule has 0 amide bonds. The number of hydrogen-bond donors (Lipinski definition) is 1. The van der Waals surface area contributed by atoms with E-state index in [9.17, 15) is 0 Å². The Labute approximate surface area is 94.7 Å². The molecule has 0 aliphatic carbocycles. The summed E-state index contributed by atoms with van der Waals surface area (Å²) in [6.45, 7) is 3.19. The Morgan fingerprint density at radius 1 is 1.50 bits per heavy atom. The second kappa shape index (κ2) is 3.87. The van der Waals surface area contributed by atoms with Crippen molar-refractivity contribution in [3.63, 3.8) is 0 Å². The van der Waals surface area contributed by atoms with Crippen molar-refractivity contribution in [1.82, 2.24) is 19.7 Å². The normalized spacial score (nSPS) is 20.7. The summed E-state index contributed by atoms with van der Waals surface area (Å²) in [6.07, 6.45) is 9.59. The summed E-state index contributed by atoms with van der Waals surface area (Å²) in [7, 11) is 0. The van der Waals surface area contributed by atoms with Gasteiger partial charge >= 0.3 is 0 Å². The van der Waals surface area contributed by atoms with Gasteiger partial charge < -0.3 is 5.32 Å². The maximum Gasteiger partial charge on any atom is 0.233 e. The highest BCUT2D eigenvalue weighted by Gasteiger charge is 2.16. The molecular weight excluding hydrogens is 200 g/mol. The lowest BCUT2D eigenvalue weighted by Crippen LogP contribution is -2.23. The molecule has 1 saturated heterocycles. The molecule has 3 heterocycles. The fraction of sp³-hybridized carbons (Fsp3) is 0.500. The number of hydrogen-bond acceptors (Lipinski definition) is 3. The molecule has 1 unspecified atom stereocenters. The van der Waals surface area contributed by atoms with Gasteiger partial charge in [0, 0.05) is 31.1 Å². The van der Waals surface area contributed by atoms with Crippen LogP contribution in [0.3, 0.4) is 0 Å². The van der Waals surface area contributed by atoms with Crippen LogP contribution in [0.5, 0.6) is 0 Å². The highest BCUT2D eigenvalue weighted by atomic mass is 15.1. The summed E-state index contributed by atoms with van der Waals surface area (Å²) in [5, 5.41) is 3.49. The summed E-state index contributed by atoms with van der Waals surface area (Å²) in [6, 6.07) is 0.603. The van der Waals surface area contributed by atoms with Gasteiger partial charge in [0.05, 0.1) is 5.69 Å². The average Bonchev–Trinajstić information content (AvgIpc) is 2.86. The van der Waals surface area contributed by atoms with Crippen LogP contribution in [0.25, 0.3) is 5.78 Å². The lowest BCUT2D eigenvalue weighted by atomic mass is 10.1. The third-order valence-electron chi connectivity index (χ3n) is 3.11. The van der Waals surface area contributed by atoms with Crippen molar-refractivity contribution in [3.05, 3.63) is 29.8 Å². The zero-order valence-corrected chi connectivity index (χ0v) is 9.48. The Morgan fingerprint density at radius 2 is 2.44 bits per heavy atom. The standard InChI is InChI=1S/C12H16N4/c1-9-6-14-12-15-11(8-16(12)7-9)5-10-3-2-4-13-10/h6-8,10,13H,2-5H2,1H3. The third-order valence-corrected chi connectivity index (χ3v) is 3.11. The lowest BCUT2D eigenvalue weighted by molar-refractivity contribution is 0.597. The van der Waals surface area contributed by atoms with Crippen LogP contribution in [0.15, 0.2) is 18.6 Å². The van der Waals surface area contributed by atoms with Crippen LogP contribution in [0.2, 0.25) is 0 Å². The largest absolute Gasteiger partial charge is 0.314 e. The van der Waals surface area contributed by atoms with Crippen molar-refractivity contribution in [2.45, 2.75) is 32.2 Å². The van der Waals surface area contributed by atoms with Crippen LogP contribution >= 0.6 is 0 Å². The second-order valence-electron chi connectivity index (χ2n) is 4.57. The molecule has 0 bridgehead atoms. The first-order valence-electron chi connectivity index (χ1n) is 5.85. The summed E-state index contributed by atoms with van der Waals surface area (Å²) >= 11 is 0. The molecule has 1 N–H and O–H groups in total. The minimum atomic E-state index is 0.603. The van der Waals surface area contributed by atoms with Gasteiger partial charge in [-0.2, -0.15) is 0 Å². The predicted octanol–water partition coefficient (Wildman–Crippen LogP) is 1.33. The first-order chi connectivity index (χ1) is 7.81. The van der Waals surface area contributed by atoms with Gasteiger partial charge in [0.1, 0.15) is 0 Å². The second-order valence-corrected chi connectivity index (χ2v) is 4.57. The van der Waals surface area contributed by atoms with Crippen LogP contribution in [0, 0.1) is 6.92 Å². The number of aryl methyl sites for hydroxylation is 1. The van der Waals surface area contributed by atoms with Gasteiger partial charge in [-0.15, -0.1) is 0 Å². The molecule has 2 aromatic heterocycles. The van der Waals surface area contributed by atoms with Crippen molar-refractivity contribution in [1.29, 1.82) is 0 Å². The summed E-state index contributed by atoms with van der Waals surface area (Å²) in [4.78, 5) is 8.84. The maximum absolute atomic E-state index is 4.53. The molecule has 1 aliphatic heterocycles. The Balaban J connectivity index is 1.86. The van der Waals surface area contributed by atoms with Crippen molar-refractivity contribution in [2.75, 3.05) is 6.54 Å². The van der Waals surface area contributed by atoms with E-state index >= 15 is 0 Å². The topological polar surface area (TPSA) is 42.2 Å². The number of nitrogens with zero attached hydrogens (tertiary/aromatic N) is 3. The molecule has 16 heavy (non-hydrogen) atoms. The smallest absolute Gasteiger partial charge is 0.233 e. The lowest BCUT2D eigenvalue weighted by Gasteiger charge is -2.06. The number of rotatable bonds is 2. The predicted molar refractivity (Wildman–Crippen MR) is 62.5 cm³/mol. The number of nitrogens with one attached hydrogen (secondary N) is 1. The van der Waals surface area contributed by atoms with Crippen LogP contribution in [0.4, 0.5) is 0 Å². The maximum atomic E-state index is 4.53. The monoisotopic (exact) mass is 216 g/mol. The van der Waals surface area contributed by atoms with Gasteiger partial charge in [0.2, 0.25) is 5.78 Å². The molecule has 4 heteroatoms. The molecule has 1 atom stereocenters. The Hall–Kier alpha value is -1.42. The molecule has 3 rings (SSSR count). The van der Waals surface area contributed by atoms with Crippen molar-refractivity contribution in [3.8, 4) is 0 Å². The number of fused-ring (bicyclic) bond motifs is 1. The fourth-order valence-corrected chi connectivity index (χ4v) is 2.32. The Kier molecular flexibility index (Phi) is 2.36. The minimum absolute atomic E-state index is 0.603. The van der Waals surface area contributed by atoms with Crippen LogP contribution in [0.1, 0.15) is 24.1 Å². The van der Waals surface area contributed by atoms with E-state index in [2.05, 4.69) is 27.7 Å². The molecule has 0 saturated carbocycles. The van der Waals surface area contributed by atoms with E-state index in [1.54, 1.807) is 0 Å². The van der Waals surface area contributed by atoms with Gasteiger partial charge in [-0.3, -0.25) is 4.40 Å². The zero-order chi connectivity index (χ0) is 11.0. The summed E-state index contributed by atoms with van der Waals surface area (Å²) < 4.78 is 2.01. The van der Waals surface area contributed by atoms with Crippen molar-refractivity contribution < 1.29 is 0 Å². The summed E-state index contributed by atoms with van der Waals surface area (Å²) in [5.74, 6) is 0.804. The first kappa shape index (κ1) is 9.78. The minimum Gasteiger partial charge on any atom is -0.314 e. The molecule has 4 nitrogen and oxygen atoms in total. The molecule has 84 valence electrons. The van der Waals surface area contributed by atoms with E-state index in [1.807, 2.05) is 17.5 Å². The van der Waals surface area contributed by atoms with E-state index in [0.29, 0.717) is 6.04 Å². The van der Waals surface area contributed by atoms with Crippen molar-refractivity contribution in [2.24, 2.45) is 0 Å². The van der Waals surface area contributed by atoms with Gasteiger partial charge in [0.25, 0.3) is 0 Å². The van der Waals surface area contributed by atoms with E-state index in [-0.39, 0.29) is 0 Å². The number of aromatic nitrogens is 3. The van der Waals surface area contributed by atoms with Gasteiger partial charge in [-0.1, -0.05) is 0 Å². The Bertz CT molecular complexity index is 497. The van der Waals surface area contributed by atoms with Crippen molar-refractivity contribution >= 4 is 5.78 Å². The van der Waals surface area contributed by atoms with E-state index in [1.165, 1.54) is 12.8 Å². The van der Waals surface area contributed by atoms with E-state index < -0.39 is 0 Å². The fourth-order valence-electron chi connectivity index (χ4n) is 2.32. The van der Waals surface area contributed by atoms with Crippen LogP contribution in [-0.2, 0) is 6.42 Å². The molecule has 1 aliphatic rings. The molecule has 2 aromatic rings. The average molecular weight is 216 g/mol. The van der Waals surface area contributed by atoms with E-state index in [0.717, 1.165) is 30.0 Å². The molecule has 0 spiro atoms.